The van der Waals surface area contributed by atoms with Gasteiger partial charge in [0.15, 0.2) is 0 Å². The van der Waals surface area contributed by atoms with Gasteiger partial charge in [0.2, 0.25) is 0 Å². The van der Waals surface area contributed by atoms with Crippen LogP contribution < -0.4 is 41.8 Å². The molecule has 324 valence electrons. The average Bonchev–Trinajstić information content (AvgIpc) is 3.21. The Hall–Kier alpha value is -7.07. The third kappa shape index (κ3) is 9.40. The third-order valence-corrected chi connectivity index (χ3v) is 12.6. The molecule has 6 aromatic rings. The molecule has 0 saturated heterocycles. The highest BCUT2D eigenvalue weighted by atomic mass is 32.2. The summed E-state index contributed by atoms with van der Waals surface area (Å²) >= 11 is 0. The molecule has 1 heterocycles. The van der Waals surface area contributed by atoms with Crippen LogP contribution in [0.3, 0.4) is 0 Å². The van der Waals surface area contributed by atoms with Crippen molar-refractivity contribution in [2.45, 2.75) is 35.5 Å². The van der Waals surface area contributed by atoms with Gasteiger partial charge < -0.3 is 31.3 Å². The Balaban J connectivity index is 1.30. The average molecular weight is 912 g/mol. The van der Waals surface area contributed by atoms with E-state index in [0.29, 0.717) is 61.1 Å². The number of rotatable bonds is 10. The van der Waals surface area contributed by atoms with Crippen molar-refractivity contribution in [2.24, 2.45) is 0 Å². The summed E-state index contributed by atoms with van der Waals surface area (Å²) in [6.45, 7) is 9.01. The molecule has 0 atom stereocenters. The zero-order valence-corrected chi connectivity index (χ0v) is 35.8. The van der Waals surface area contributed by atoms with Gasteiger partial charge in [0.1, 0.15) is 16.4 Å². The quantitative estimate of drug-likeness (QED) is 0.0635. The number of carbonyl (C=O) groups is 2. The van der Waals surface area contributed by atoms with Crippen LogP contribution in [0, 0.1) is 20.8 Å². The van der Waals surface area contributed by atoms with E-state index in [4.69, 9.17) is 4.74 Å². The van der Waals surface area contributed by atoms with Crippen LogP contribution in [-0.4, -0.2) is 51.0 Å². The van der Waals surface area contributed by atoms with Gasteiger partial charge in [-0.15, -0.1) is 0 Å². The number of hydrogen-bond donors (Lipinski definition) is 8. The van der Waals surface area contributed by atoms with Gasteiger partial charge in [-0.2, -0.15) is 25.3 Å². The molecule has 1 aliphatic rings. The number of urea groups is 2. The molecular formula is C43H37N5O12S3. The van der Waals surface area contributed by atoms with E-state index in [2.05, 4.69) is 33.2 Å². The Morgan fingerprint density at radius 3 is 1.60 bits per heavy atom. The third-order valence-electron chi connectivity index (χ3n) is 10.00. The van der Waals surface area contributed by atoms with E-state index < -0.39 is 52.2 Å². The van der Waals surface area contributed by atoms with Crippen LogP contribution >= 0.6 is 0 Å². The molecule has 0 spiro atoms. The summed E-state index contributed by atoms with van der Waals surface area (Å²) in [4.78, 5) is 25.8. The maximum atomic E-state index is 13.5. The first-order valence-corrected chi connectivity index (χ1v) is 22.8. The monoisotopic (exact) mass is 911 g/mol. The molecule has 0 aliphatic carbocycles. The maximum Gasteiger partial charge on any atom is 0.323 e. The lowest BCUT2D eigenvalue weighted by Crippen LogP contribution is -2.24. The maximum absolute atomic E-state index is 13.5. The Labute approximate surface area is 361 Å². The second kappa shape index (κ2) is 16.7. The molecule has 8 N–H and O–H groups in total. The van der Waals surface area contributed by atoms with Crippen LogP contribution in [0.5, 0.6) is 11.5 Å². The van der Waals surface area contributed by atoms with Crippen molar-refractivity contribution >= 4 is 88.7 Å². The summed E-state index contributed by atoms with van der Waals surface area (Å²) < 4.78 is 108. The number of anilines is 6. The van der Waals surface area contributed by atoms with Gasteiger partial charge >= 0.3 is 12.1 Å². The Morgan fingerprint density at radius 2 is 1.06 bits per heavy atom. The lowest BCUT2D eigenvalue weighted by atomic mass is 9.92. The first-order valence-electron chi connectivity index (χ1n) is 18.5. The molecule has 0 unspecified atom stereocenters. The first kappa shape index (κ1) is 44.0. The molecule has 0 bridgehead atoms. The smallest absolute Gasteiger partial charge is 0.323 e. The van der Waals surface area contributed by atoms with Crippen LogP contribution in [0.1, 0.15) is 27.8 Å². The fraction of sp³-hybridized carbons (Fsp3) is 0.0698. The molecule has 7 rings (SSSR count). The molecule has 1 aliphatic heterocycles. The standard InChI is InChI=1S/C43H37N5O12S3/c1-23-15-17-32-35(19-23)60-36-22-29(16-18-33(36)38(32)34-13-5-6-14-37(34)63(57,58)59)44-39-24(2)40(47-42(49)45-27-9-7-11-30(20-27)61(51,52)53)26(4)41(25(39)3)48-43(50)46-28-10-8-12-31(21-28)62(54,55)56/h5-22,44H,1H2,2-4H3,(H2,45,47,49)(H2,46,48,50)(H,51,52,53)(H,54,55,56)(H,57,58,59). The van der Waals surface area contributed by atoms with Crippen molar-refractivity contribution in [3.05, 3.63) is 147 Å². The van der Waals surface area contributed by atoms with Crippen molar-refractivity contribution in [3.8, 4) is 11.5 Å². The van der Waals surface area contributed by atoms with Crippen molar-refractivity contribution in [2.75, 3.05) is 26.6 Å². The predicted molar refractivity (Wildman–Crippen MR) is 237 cm³/mol. The summed E-state index contributed by atoms with van der Waals surface area (Å²) in [6, 6.07) is 24.5. The van der Waals surface area contributed by atoms with E-state index >= 15 is 0 Å². The van der Waals surface area contributed by atoms with E-state index in [9.17, 15) is 48.5 Å². The second-order valence-corrected chi connectivity index (χ2v) is 18.5. The molecule has 0 saturated carbocycles. The Morgan fingerprint density at radius 1 is 0.524 bits per heavy atom. The molecule has 4 amide bonds. The Kier molecular flexibility index (Phi) is 11.6. The van der Waals surface area contributed by atoms with E-state index in [-0.39, 0.29) is 33.2 Å². The summed E-state index contributed by atoms with van der Waals surface area (Å²) in [5.41, 5.74) is 3.81. The highest BCUT2D eigenvalue weighted by molar-refractivity contribution is 7.86. The first-order chi connectivity index (χ1) is 29.6. The summed E-state index contributed by atoms with van der Waals surface area (Å²) in [7, 11) is -13.8. The second-order valence-electron chi connectivity index (χ2n) is 14.3. The zero-order chi connectivity index (χ0) is 45.6. The minimum atomic E-state index is -4.66. The summed E-state index contributed by atoms with van der Waals surface area (Å²) in [5, 5.41) is 15.1. The normalized spacial score (nSPS) is 12.3. The fourth-order valence-corrected chi connectivity index (χ4v) is 8.90. The van der Waals surface area contributed by atoms with Crippen molar-refractivity contribution in [1.29, 1.82) is 0 Å². The lowest BCUT2D eigenvalue weighted by Gasteiger charge is -2.25. The fourth-order valence-electron chi connectivity index (χ4n) is 7.15. The minimum absolute atomic E-state index is 0.0326. The van der Waals surface area contributed by atoms with E-state index in [1.165, 1.54) is 36.4 Å². The van der Waals surface area contributed by atoms with Gasteiger partial charge in [0, 0.05) is 50.7 Å². The molecule has 17 nitrogen and oxygen atoms in total. The van der Waals surface area contributed by atoms with Gasteiger partial charge in [-0.05, 0) is 103 Å². The van der Waals surface area contributed by atoms with Crippen LogP contribution in [-0.2, 0) is 30.4 Å². The molecule has 20 heteroatoms. The highest BCUT2D eigenvalue weighted by Crippen LogP contribution is 2.43. The largest absolute Gasteiger partial charge is 0.456 e. The van der Waals surface area contributed by atoms with Crippen molar-refractivity contribution in [3.63, 3.8) is 0 Å². The highest BCUT2D eigenvalue weighted by Gasteiger charge is 2.27. The number of carbonyl (C=O) groups excluding carboxylic acids is 2. The minimum Gasteiger partial charge on any atom is -0.456 e. The van der Waals surface area contributed by atoms with Crippen LogP contribution in [0.4, 0.5) is 43.7 Å². The van der Waals surface area contributed by atoms with Crippen LogP contribution in [0.15, 0.2) is 124 Å². The molecule has 6 aromatic carbocycles. The number of nitrogens with one attached hydrogen (secondary N) is 5. The molecule has 0 fully saturated rings. The van der Waals surface area contributed by atoms with E-state index in [0.717, 1.165) is 24.3 Å². The van der Waals surface area contributed by atoms with Gasteiger partial charge in [-0.25, -0.2) is 9.59 Å². The Bertz CT molecular complexity index is 3260. The van der Waals surface area contributed by atoms with E-state index in [1.807, 2.05) is 0 Å². The molecular weight excluding hydrogens is 875 g/mol. The van der Waals surface area contributed by atoms with E-state index in [1.54, 1.807) is 69.3 Å². The zero-order valence-electron chi connectivity index (χ0n) is 33.3. The summed E-state index contributed by atoms with van der Waals surface area (Å²) in [5.74, 6) is 0.671. The van der Waals surface area contributed by atoms with Crippen LogP contribution in [0.2, 0.25) is 0 Å². The molecule has 63 heavy (non-hydrogen) atoms. The van der Waals surface area contributed by atoms with Gasteiger partial charge in [0.05, 0.1) is 21.2 Å². The molecule has 0 radical (unpaired) electrons. The van der Waals surface area contributed by atoms with Gasteiger partial charge in [0.25, 0.3) is 30.4 Å². The number of benzene rings is 6. The summed E-state index contributed by atoms with van der Waals surface area (Å²) in [6.07, 6.45) is 0. The topological polar surface area (TPSA) is 267 Å². The van der Waals surface area contributed by atoms with Crippen LogP contribution in [0.25, 0.3) is 12.2 Å². The number of ether oxygens (including phenoxy) is 1. The number of amides is 4. The van der Waals surface area contributed by atoms with Gasteiger partial charge in [-0.3, -0.25) is 13.7 Å². The number of hydrogen-bond acceptors (Lipinski definition) is 10. The van der Waals surface area contributed by atoms with Gasteiger partial charge in [-0.1, -0.05) is 49.0 Å². The van der Waals surface area contributed by atoms with Crippen molar-refractivity contribution < 1.29 is 53.2 Å². The van der Waals surface area contributed by atoms with Crippen molar-refractivity contribution in [1.82, 2.24) is 0 Å². The lowest BCUT2D eigenvalue weighted by molar-refractivity contribution is 0.261. The SMILES string of the molecule is C=c1ccc2c(c1)Oc1cc(Nc3c(C)c(NC(=O)Nc4cccc(S(=O)(=O)O)c4)c(C)c(NC(=O)Nc4cccc(S(=O)(=O)O)c4)c3C)ccc1C=2c1ccccc1S(=O)(=O)O. The number of fused-ring (bicyclic) bond motifs is 2. The predicted octanol–water partition coefficient (Wildman–Crippen LogP) is 7.15. The molecule has 0 aromatic heterocycles.